The number of rotatable bonds is 4. The highest BCUT2D eigenvalue weighted by atomic mass is 35.5. The van der Waals surface area contributed by atoms with E-state index in [0.29, 0.717) is 22.5 Å². The number of benzene rings is 6. The minimum Gasteiger partial charge on any atom is -0.208 e. The summed E-state index contributed by atoms with van der Waals surface area (Å²) < 4.78 is 0. The standard InChI is InChI=1S/C35H22ClN3/c36-32-22-30(21-29-12-6-7-13-31(29)32)35-38-33(25-9-2-1-3-10-25)37-34(39-35)26-17-14-24(15-18-26)28-19-16-23-8-4-5-11-27(23)20-28/h1-22H. The maximum Gasteiger partial charge on any atom is 0.164 e. The molecule has 0 aliphatic heterocycles. The highest BCUT2D eigenvalue weighted by Crippen LogP contribution is 2.32. The van der Waals surface area contributed by atoms with Crippen molar-refractivity contribution in [1.82, 2.24) is 15.0 Å². The summed E-state index contributed by atoms with van der Waals surface area (Å²) in [6.07, 6.45) is 0. The van der Waals surface area contributed by atoms with Crippen molar-refractivity contribution >= 4 is 33.1 Å². The van der Waals surface area contributed by atoms with Crippen LogP contribution in [0.25, 0.3) is 66.8 Å². The molecule has 7 rings (SSSR count). The molecule has 0 saturated heterocycles. The Hall–Kier alpha value is -4.86. The monoisotopic (exact) mass is 519 g/mol. The SMILES string of the molecule is Clc1cc(-c2nc(-c3ccccc3)nc(-c3ccc(-c4ccc5ccccc5c4)cc3)n2)cc2ccccc12. The van der Waals surface area contributed by atoms with Crippen molar-refractivity contribution in [3.63, 3.8) is 0 Å². The molecule has 0 bridgehead atoms. The second-order valence-electron chi connectivity index (χ2n) is 9.49. The second kappa shape index (κ2) is 9.79. The maximum atomic E-state index is 6.67. The van der Waals surface area contributed by atoms with E-state index in [-0.39, 0.29) is 0 Å². The summed E-state index contributed by atoms with van der Waals surface area (Å²) in [7, 11) is 0. The number of hydrogen-bond donors (Lipinski definition) is 0. The summed E-state index contributed by atoms with van der Waals surface area (Å²) in [5.41, 5.74) is 5.03. The first kappa shape index (κ1) is 23.3. The van der Waals surface area contributed by atoms with Gasteiger partial charge in [0.25, 0.3) is 0 Å². The zero-order valence-electron chi connectivity index (χ0n) is 20.9. The highest BCUT2D eigenvalue weighted by molar-refractivity contribution is 6.35. The summed E-state index contributed by atoms with van der Waals surface area (Å²) in [4.78, 5) is 14.6. The van der Waals surface area contributed by atoms with Gasteiger partial charge in [-0.3, -0.25) is 0 Å². The molecule has 3 nitrogen and oxygen atoms in total. The summed E-state index contributed by atoms with van der Waals surface area (Å²) in [6, 6.07) is 45.4. The summed E-state index contributed by atoms with van der Waals surface area (Å²) in [5, 5.41) is 5.18. The average molecular weight is 520 g/mol. The molecule has 0 saturated carbocycles. The van der Waals surface area contributed by atoms with Gasteiger partial charge in [0.05, 0.1) is 0 Å². The summed E-state index contributed by atoms with van der Waals surface area (Å²) in [6.45, 7) is 0. The molecule has 4 heteroatoms. The van der Waals surface area contributed by atoms with E-state index in [0.717, 1.165) is 33.0 Å². The number of aromatic nitrogens is 3. The van der Waals surface area contributed by atoms with Gasteiger partial charge in [-0.1, -0.05) is 127 Å². The Labute approximate surface area is 231 Å². The lowest BCUT2D eigenvalue weighted by Gasteiger charge is -2.10. The van der Waals surface area contributed by atoms with Crippen LogP contribution in [0, 0.1) is 0 Å². The van der Waals surface area contributed by atoms with E-state index in [1.165, 1.54) is 16.3 Å². The van der Waals surface area contributed by atoms with Crippen molar-refractivity contribution in [1.29, 1.82) is 0 Å². The molecule has 0 amide bonds. The molecule has 0 atom stereocenters. The molecule has 1 heterocycles. The van der Waals surface area contributed by atoms with Gasteiger partial charge in [-0.05, 0) is 45.5 Å². The van der Waals surface area contributed by atoms with Gasteiger partial charge in [0.1, 0.15) is 0 Å². The third kappa shape index (κ3) is 4.54. The fourth-order valence-corrected chi connectivity index (χ4v) is 5.21. The lowest BCUT2D eigenvalue weighted by Crippen LogP contribution is -2.00. The smallest absolute Gasteiger partial charge is 0.164 e. The fraction of sp³-hybridized carbons (Fsp3) is 0. The molecule has 0 unspecified atom stereocenters. The van der Waals surface area contributed by atoms with Crippen molar-refractivity contribution in [2.75, 3.05) is 0 Å². The molecule has 0 fully saturated rings. The Kier molecular flexibility index (Phi) is 5.84. The van der Waals surface area contributed by atoms with E-state index in [2.05, 4.69) is 78.9 Å². The molecule has 0 aliphatic rings. The molecule has 1 aromatic heterocycles. The summed E-state index contributed by atoms with van der Waals surface area (Å²) >= 11 is 6.67. The normalized spacial score (nSPS) is 11.2. The van der Waals surface area contributed by atoms with Crippen LogP contribution in [0.3, 0.4) is 0 Å². The molecule has 0 N–H and O–H groups in total. The largest absolute Gasteiger partial charge is 0.208 e. The minimum atomic E-state index is 0.588. The second-order valence-corrected chi connectivity index (χ2v) is 9.90. The lowest BCUT2D eigenvalue weighted by atomic mass is 10.00. The third-order valence-electron chi connectivity index (χ3n) is 6.96. The van der Waals surface area contributed by atoms with Crippen LogP contribution in [-0.2, 0) is 0 Å². The lowest BCUT2D eigenvalue weighted by molar-refractivity contribution is 1.07. The summed E-state index contributed by atoms with van der Waals surface area (Å²) in [5.74, 6) is 1.83. The number of nitrogens with zero attached hydrogens (tertiary/aromatic N) is 3. The van der Waals surface area contributed by atoms with Crippen LogP contribution in [0.2, 0.25) is 5.02 Å². The van der Waals surface area contributed by atoms with Gasteiger partial charge >= 0.3 is 0 Å². The fourth-order valence-electron chi connectivity index (χ4n) is 4.92. The van der Waals surface area contributed by atoms with Crippen molar-refractivity contribution in [2.24, 2.45) is 0 Å². The molecular formula is C35H22ClN3. The molecular weight excluding hydrogens is 498 g/mol. The van der Waals surface area contributed by atoms with Gasteiger partial charge < -0.3 is 0 Å². The Morgan fingerprint density at radius 1 is 0.359 bits per heavy atom. The number of halogens is 1. The Morgan fingerprint density at radius 3 is 1.62 bits per heavy atom. The van der Waals surface area contributed by atoms with Gasteiger partial charge in [0.15, 0.2) is 17.5 Å². The van der Waals surface area contributed by atoms with Crippen molar-refractivity contribution in [3.8, 4) is 45.3 Å². The molecule has 7 aromatic rings. The number of fused-ring (bicyclic) bond motifs is 2. The van der Waals surface area contributed by atoms with Gasteiger partial charge in [0, 0.05) is 27.1 Å². The molecule has 0 aliphatic carbocycles. The van der Waals surface area contributed by atoms with E-state index in [4.69, 9.17) is 26.6 Å². The maximum absolute atomic E-state index is 6.67. The van der Waals surface area contributed by atoms with E-state index >= 15 is 0 Å². The van der Waals surface area contributed by atoms with Gasteiger partial charge in [-0.15, -0.1) is 0 Å². The molecule has 0 spiro atoms. The highest BCUT2D eigenvalue weighted by Gasteiger charge is 2.14. The zero-order chi connectivity index (χ0) is 26.2. The van der Waals surface area contributed by atoms with Gasteiger partial charge in [-0.25, -0.2) is 15.0 Å². The van der Waals surface area contributed by atoms with Crippen molar-refractivity contribution in [3.05, 3.63) is 138 Å². The van der Waals surface area contributed by atoms with Gasteiger partial charge in [-0.2, -0.15) is 0 Å². The zero-order valence-corrected chi connectivity index (χ0v) is 21.7. The minimum absolute atomic E-state index is 0.588. The van der Waals surface area contributed by atoms with Crippen LogP contribution in [-0.4, -0.2) is 15.0 Å². The van der Waals surface area contributed by atoms with Crippen LogP contribution in [0.1, 0.15) is 0 Å². The van der Waals surface area contributed by atoms with Crippen LogP contribution in [0.5, 0.6) is 0 Å². The van der Waals surface area contributed by atoms with Gasteiger partial charge in [0.2, 0.25) is 0 Å². The Bertz CT molecular complexity index is 1970. The topological polar surface area (TPSA) is 38.7 Å². The third-order valence-corrected chi connectivity index (χ3v) is 7.28. The predicted molar refractivity (Wildman–Crippen MR) is 162 cm³/mol. The first-order valence-corrected chi connectivity index (χ1v) is 13.2. The molecule has 6 aromatic carbocycles. The van der Waals surface area contributed by atoms with Crippen LogP contribution in [0.15, 0.2) is 133 Å². The van der Waals surface area contributed by atoms with Crippen molar-refractivity contribution < 1.29 is 0 Å². The van der Waals surface area contributed by atoms with Crippen LogP contribution >= 0.6 is 11.6 Å². The van der Waals surface area contributed by atoms with E-state index in [1.54, 1.807) is 0 Å². The van der Waals surface area contributed by atoms with Crippen LogP contribution < -0.4 is 0 Å². The Morgan fingerprint density at radius 2 is 0.872 bits per heavy atom. The molecule has 0 radical (unpaired) electrons. The van der Waals surface area contributed by atoms with E-state index in [1.807, 2.05) is 54.6 Å². The van der Waals surface area contributed by atoms with Crippen molar-refractivity contribution in [2.45, 2.75) is 0 Å². The number of hydrogen-bond acceptors (Lipinski definition) is 3. The Balaban J connectivity index is 1.33. The quantitative estimate of drug-likeness (QED) is 0.232. The predicted octanol–water partition coefficient (Wildman–Crippen LogP) is 9.50. The van der Waals surface area contributed by atoms with E-state index in [9.17, 15) is 0 Å². The molecule has 184 valence electrons. The van der Waals surface area contributed by atoms with Crippen LogP contribution in [0.4, 0.5) is 0 Å². The van der Waals surface area contributed by atoms with E-state index < -0.39 is 0 Å². The average Bonchev–Trinajstić information content (AvgIpc) is 3.01. The first-order chi connectivity index (χ1) is 19.2. The molecule has 39 heavy (non-hydrogen) atoms. The first-order valence-electron chi connectivity index (χ1n) is 12.8.